The van der Waals surface area contributed by atoms with Crippen molar-refractivity contribution in [3.05, 3.63) is 0 Å². The van der Waals surface area contributed by atoms with Gasteiger partial charge in [-0.25, -0.2) is 0 Å². The zero-order valence-corrected chi connectivity index (χ0v) is 14.8. The zero-order valence-electron chi connectivity index (χ0n) is 14.6. The number of unbranched alkanes of at least 4 members (excludes halogenated alkanes) is 11. The van der Waals surface area contributed by atoms with Gasteiger partial charge in [0.2, 0.25) is 0 Å². The molecular formula is C14H32MgO3S. The van der Waals surface area contributed by atoms with Gasteiger partial charge in [-0.2, -0.15) is 8.42 Å². The van der Waals surface area contributed by atoms with E-state index in [0.29, 0.717) is 6.42 Å². The van der Waals surface area contributed by atoms with Crippen LogP contribution in [0.4, 0.5) is 0 Å². The topological polar surface area (TPSA) is 54.4 Å². The van der Waals surface area contributed by atoms with Gasteiger partial charge in [0.05, 0.1) is 5.75 Å². The van der Waals surface area contributed by atoms with Gasteiger partial charge in [0.15, 0.2) is 0 Å². The third kappa shape index (κ3) is 21.1. The average molecular weight is 305 g/mol. The molecular weight excluding hydrogens is 273 g/mol. The first-order valence-corrected chi connectivity index (χ1v) is 9.12. The molecule has 0 aromatic carbocycles. The fraction of sp³-hybridized carbons (Fsp3) is 1.00. The van der Waals surface area contributed by atoms with Crippen LogP contribution in [0.1, 0.15) is 86.8 Å². The summed E-state index contributed by atoms with van der Waals surface area (Å²) < 4.78 is 29.5. The average Bonchev–Trinajstić information content (AvgIpc) is 2.29. The molecule has 1 N–H and O–H groups in total. The minimum atomic E-state index is -3.74. The van der Waals surface area contributed by atoms with Crippen LogP contribution in [-0.4, -0.2) is 41.8 Å². The molecule has 0 aliphatic rings. The van der Waals surface area contributed by atoms with Crippen LogP contribution in [-0.2, 0) is 10.1 Å². The van der Waals surface area contributed by atoms with Crippen LogP contribution in [0.5, 0.6) is 0 Å². The van der Waals surface area contributed by atoms with Crippen LogP contribution in [0.25, 0.3) is 0 Å². The molecule has 0 aliphatic carbocycles. The van der Waals surface area contributed by atoms with Crippen molar-refractivity contribution in [3.8, 4) is 0 Å². The summed E-state index contributed by atoms with van der Waals surface area (Å²) in [5, 5.41) is 0. The molecule has 0 spiro atoms. The van der Waals surface area contributed by atoms with Crippen molar-refractivity contribution in [2.75, 3.05) is 5.75 Å². The molecule has 0 aliphatic heterocycles. The van der Waals surface area contributed by atoms with Gasteiger partial charge in [0, 0.05) is 0 Å². The monoisotopic (exact) mass is 304 g/mol. The van der Waals surface area contributed by atoms with Crippen LogP contribution in [0.15, 0.2) is 0 Å². The van der Waals surface area contributed by atoms with Crippen LogP contribution in [0.3, 0.4) is 0 Å². The van der Waals surface area contributed by atoms with Gasteiger partial charge in [0.25, 0.3) is 10.1 Å². The summed E-state index contributed by atoms with van der Waals surface area (Å²) in [6, 6.07) is 0. The molecule has 0 unspecified atom stereocenters. The van der Waals surface area contributed by atoms with Gasteiger partial charge in [-0.15, -0.1) is 0 Å². The Morgan fingerprint density at radius 2 is 1.05 bits per heavy atom. The Balaban J connectivity index is -0.000000482. The van der Waals surface area contributed by atoms with E-state index in [2.05, 4.69) is 6.92 Å². The first kappa shape index (κ1) is 22.0. The Morgan fingerprint density at radius 3 is 1.37 bits per heavy atom. The first-order chi connectivity index (χ1) is 8.56. The van der Waals surface area contributed by atoms with Crippen molar-refractivity contribution in [2.45, 2.75) is 84.0 Å². The van der Waals surface area contributed by atoms with Crippen LogP contribution < -0.4 is 0 Å². The predicted octanol–water partition coefficient (Wildman–Crippen LogP) is 4.42. The van der Waals surface area contributed by atoms with Crippen molar-refractivity contribution in [3.63, 3.8) is 0 Å². The van der Waals surface area contributed by atoms with Crippen molar-refractivity contribution < 1.29 is 15.8 Å². The minimum absolute atomic E-state index is 0. The van der Waals surface area contributed by atoms with Crippen molar-refractivity contribution in [1.29, 1.82) is 0 Å². The van der Waals surface area contributed by atoms with Gasteiger partial charge in [0.1, 0.15) is 0 Å². The number of hydrogen-bond donors (Lipinski definition) is 1. The summed E-state index contributed by atoms with van der Waals surface area (Å²) in [6.45, 7) is 2.24. The predicted molar refractivity (Wildman–Crippen MR) is 85.5 cm³/mol. The van der Waals surface area contributed by atoms with E-state index in [0.717, 1.165) is 12.8 Å². The van der Waals surface area contributed by atoms with E-state index in [-0.39, 0.29) is 31.7 Å². The molecule has 0 aromatic rings. The summed E-state index contributed by atoms with van der Waals surface area (Å²) in [7, 11) is -3.74. The number of hydrogen-bond acceptors (Lipinski definition) is 2. The second-order valence-electron chi connectivity index (χ2n) is 5.18. The Hall–Kier alpha value is 0.676. The standard InChI is InChI=1S/C14H30O3S.Mg.2H/c1-2-3-4-5-6-7-8-9-10-11-12-13-14-18(15,16)17;;;/h2-14H2,1H3,(H,15,16,17);;;/q;+2;2*-1. The smallest absolute Gasteiger partial charge is 1.00 e. The maximum absolute atomic E-state index is 10.5. The Labute approximate surface area is 138 Å². The Bertz CT molecular complexity index is 275. The number of rotatable bonds is 13. The molecule has 0 heterocycles. The molecule has 0 saturated carbocycles. The third-order valence-corrected chi connectivity index (χ3v) is 4.06. The molecule has 0 fully saturated rings. The van der Waals surface area contributed by atoms with Gasteiger partial charge in [-0.05, 0) is 6.42 Å². The molecule has 0 aromatic heterocycles. The molecule has 0 rings (SSSR count). The molecule has 0 radical (unpaired) electrons. The van der Waals surface area contributed by atoms with E-state index >= 15 is 0 Å². The van der Waals surface area contributed by atoms with E-state index in [1.165, 1.54) is 57.8 Å². The largest absolute Gasteiger partial charge is 2.00 e. The summed E-state index contributed by atoms with van der Waals surface area (Å²) in [5.41, 5.74) is 0. The molecule has 114 valence electrons. The van der Waals surface area contributed by atoms with Crippen LogP contribution in [0.2, 0.25) is 0 Å². The van der Waals surface area contributed by atoms with Crippen LogP contribution >= 0.6 is 0 Å². The summed E-state index contributed by atoms with van der Waals surface area (Å²) in [4.78, 5) is 0. The van der Waals surface area contributed by atoms with E-state index in [9.17, 15) is 8.42 Å². The maximum Gasteiger partial charge on any atom is 2.00 e. The molecule has 0 atom stereocenters. The van der Waals surface area contributed by atoms with Crippen molar-refractivity contribution in [1.82, 2.24) is 0 Å². The summed E-state index contributed by atoms with van der Waals surface area (Å²) in [5.74, 6) is -0.0789. The SMILES string of the molecule is CCCCCCCCCCCCCCS(=O)(=O)O.[H-].[H-].[Mg+2]. The van der Waals surface area contributed by atoms with Crippen molar-refractivity contribution >= 4 is 33.2 Å². The second kappa shape index (κ2) is 15.1. The van der Waals surface area contributed by atoms with Crippen LogP contribution in [0, 0.1) is 0 Å². The Kier molecular flexibility index (Phi) is 17.4. The summed E-state index contributed by atoms with van der Waals surface area (Å²) in [6.07, 6.45) is 14.5. The van der Waals surface area contributed by atoms with Gasteiger partial charge < -0.3 is 2.85 Å². The quantitative estimate of drug-likeness (QED) is 0.311. The van der Waals surface area contributed by atoms with Gasteiger partial charge >= 0.3 is 23.1 Å². The molecule has 19 heavy (non-hydrogen) atoms. The molecule has 0 saturated heterocycles. The molecule has 3 nitrogen and oxygen atoms in total. The second-order valence-corrected chi connectivity index (χ2v) is 6.75. The van der Waals surface area contributed by atoms with E-state index < -0.39 is 10.1 Å². The van der Waals surface area contributed by atoms with E-state index in [4.69, 9.17) is 4.55 Å². The normalized spacial score (nSPS) is 11.3. The zero-order chi connectivity index (χ0) is 13.7. The molecule has 0 bridgehead atoms. The maximum atomic E-state index is 10.5. The fourth-order valence-corrected chi connectivity index (χ4v) is 2.69. The third-order valence-electron chi connectivity index (χ3n) is 3.26. The van der Waals surface area contributed by atoms with E-state index in [1.54, 1.807) is 0 Å². The first-order valence-electron chi connectivity index (χ1n) is 7.51. The molecule has 5 heteroatoms. The summed E-state index contributed by atoms with van der Waals surface area (Å²) >= 11 is 0. The Morgan fingerprint density at radius 1 is 0.737 bits per heavy atom. The fourth-order valence-electron chi connectivity index (χ4n) is 2.13. The van der Waals surface area contributed by atoms with Gasteiger partial charge in [-0.1, -0.05) is 77.6 Å². The van der Waals surface area contributed by atoms with E-state index in [1.807, 2.05) is 0 Å². The van der Waals surface area contributed by atoms with Gasteiger partial charge in [-0.3, -0.25) is 4.55 Å². The minimum Gasteiger partial charge on any atom is -1.00 e. The molecule has 0 amide bonds. The van der Waals surface area contributed by atoms with Crippen molar-refractivity contribution in [2.24, 2.45) is 0 Å².